The second kappa shape index (κ2) is 7.62. The van der Waals surface area contributed by atoms with E-state index in [4.69, 9.17) is 14.4 Å². The fourth-order valence-corrected chi connectivity index (χ4v) is 6.28. The van der Waals surface area contributed by atoms with Gasteiger partial charge in [0.05, 0.1) is 0 Å². The molecule has 0 N–H and O–H groups in total. The Hall–Kier alpha value is -4.76. The highest BCUT2D eigenvalue weighted by molar-refractivity contribution is 6.07. The summed E-state index contributed by atoms with van der Waals surface area (Å²) in [4.78, 5) is 10.1. The molecule has 0 unspecified atom stereocenters. The molecule has 38 heavy (non-hydrogen) atoms. The Morgan fingerprint density at radius 3 is 2.32 bits per heavy atom. The topological polar surface area (TPSA) is 38.9 Å². The summed E-state index contributed by atoms with van der Waals surface area (Å²) in [5.74, 6) is 0.702. The quantitative estimate of drug-likeness (QED) is 0.243. The lowest BCUT2D eigenvalue weighted by Gasteiger charge is -2.23. The van der Waals surface area contributed by atoms with Crippen LogP contribution in [0.15, 0.2) is 114 Å². The number of hydrogen-bond donors (Lipinski definition) is 0. The molecule has 3 heteroatoms. The first-order valence-corrected chi connectivity index (χ1v) is 13.0. The van der Waals surface area contributed by atoms with Crippen molar-refractivity contribution in [3.8, 4) is 33.8 Å². The summed E-state index contributed by atoms with van der Waals surface area (Å²) in [6.07, 6.45) is 0. The van der Waals surface area contributed by atoms with E-state index < -0.39 is 0 Å². The number of rotatable bonds is 2. The van der Waals surface area contributed by atoms with Crippen molar-refractivity contribution in [2.24, 2.45) is 0 Å². The van der Waals surface area contributed by atoms with Crippen LogP contribution >= 0.6 is 0 Å². The smallest absolute Gasteiger partial charge is 0.180 e. The van der Waals surface area contributed by atoms with Crippen LogP contribution in [0.3, 0.4) is 0 Å². The molecular formula is C35H24N2O. The molecule has 2 heterocycles. The first-order valence-electron chi connectivity index (χ1n) is 13.0. The summed E-state index contributed by atoms with van der Waals surface area (Å²) in [6, 6.07) is 38.2. The lowest BCUT2D eigenvalue weighted by molar-refractivity contribution is 0.666. The lowest BCUT2D eigenvalue weighted by Crippen LogP contribution is -2.15. The number of aromatic nitrogens is 2. The first-order chi connectivity index (χ1) is 18.6. The minimum atomic E-state index is -0.0570. The molecule has 1 aliphatic carbocycles. The highest BCUT2D eigenvalue weighted by Gasteiger charge is 2.36. The van der Waals surface area contributed by atoms with Gasteiger partial charge in [0.25, 0.3) is 0 Å². The van der Waals surface area contributed by atoms with E-state index >= 15 is 0 Å². The van der Waals surface area contributed by atoms with Gasteiger partial charge in [-0.2, -0.15) is 0 Å². The van der Waals surface area contributed by atoms with E-state index in [0.717, 1.165) is 38.9 Å². The molecule has 8 rings (SSSR count). The van der Waals surface area contributed by atoms with Gasteiger partial charge in [-0.15, -0.1) is 0 Å². The van der Waals surface area contributed by atoms with Gasteiger partial charge in [-0.1, -0.05) is 105 Å². The number of fused-ring (bicyclic) bond motifs is 8. The van der Waals surface area contributed by atoms with E-state index in [1.54, 1.807) is 0 Å². The number of benzene rings is 5. The Kier molecular flexibility index (Phi) is 4.28. The molecule has 0 saturated carbocycles. The summed E-state index contributed by atoms with van der Waals surface area (Å²) in [5, 5.41) is 3.48. The average molecular weight is 489 g/mol. The summed E-state index contributed by atoms with van der Waals surface area (Å²) < 4.78 is 6.28. The number of furan rings is 1. The van der Waals surface area contributed by atoms with Gasteiger partial charge in [-0.05, 0) is 51.2 Å². The summed E-state index contributed by atoms with van der Waals surface area (Å²) >= 11 is 0. The number of hydrogen-bond acceptors (Lipinski definition) is 3. The van der Waals surface area contributed by atoms with Crippen molar-refractivity contribution < 1.29 is 4.42 Å². The Balaban J connectivity index is 1.37. The molecule has 0 bridgehead atoms. The largest absolute Gasteiger partial charge is 0.452 e. The minimum absolute atomic E-state index is 0.0570. The molecule has 0 atom stereocenters. The van der Waals surface area contributed by atoms with Gasteiger partial charge >= 0.3 is 0 Å². The molecular weight excluding hydrogens is 464 g/mol. The van der Waals surface area contributed by atoms with E-state index in [2.05, 4.69) is 86.6 Å². The molecule has 0 fully saturated rings. The Bertz CT molecular complexity index is 2050. The van der Waals surface area contributed by atoms with E-state index in [1.807, 2.05) is 36.4 Å². The van der Waals surface area contributed by atoms with Crippen molar-refractivity contribution in [2.75, 3.05) is 0 Å². The summed E-state index contributed by atoms with van der Waals surface area (Å²) in [6.45, 7) is 4.66. The Morgan fingerprint density at radius 1 is 0.632 bits per heavy atom. The zero-order valence-electron chi connectivity index (χ0n) is 21.2. The van der Waals surface area contributed by atoms with Gasteiger partial charge in [0, 0.05) is 21.9 Å². The minimum Gasteiger partial charge on any atom is -0.452 e. The fraction of sp³-hybridized carbons (Fsp3) is 0.0857. The van der Waals surface area contributed by atoms with E-state index in [1.165, 1.54) is 33.0 Å². The van der Waals surface area contributed by atoms with Crippen LogP contribution in [0.1, 0.15) is 25.0 Å². The van der Waals surface area contributed by atoms with Crippen molar-refractivity contribution >= 4 is 32.8 Å². The van der Waals surface area contributed by atoms with Gasteiger partial charge in [-0.25, -0.2) is 9.97 Å². The van der Waals surface area contributed by atoms with E-state index in [0.29, 0.717) is 5.82 Å². The second-order valence-electron chi connectivity index (χ2n) is 10.6. The number of nitrogens with zero attached hydrogens (tertiary/aromatic N) is 2. The predicted octanol–water partition coefficient (Wildman–Crippen LogP) is 9.17. The van der Waals surface area contributed by atoms with Crippen molar-refractivity contribution in [3.63, 3.8) is 0 Å². The monoisotopic (exact) mass is 488 g/mol. The molecule has 180 valence electrons. The molecule has 7 aromatic rings. The lowest BCUT2D eigenvalue weighted by atomic mass is 9.80. The van der Waals surface area contributed by atoms with Gasteiger partial charge < -0.3 is 4.42 Å². The highest BCUT2D eigenvalue weighted by Crippen LogP contribution is 2.51. The number of para-hydroxylation sites is 1. The molecule has 2 aromatic heterocycles. The standard InChI is InChI=1S/C35H24N2O/c1-35(2)28-14-8-6-12-25(28)26-19-16-22-20-23(17-18-24(22)30(26)35)34-36-31(21-10-4-3-5-11-21)33-32(37-34)27-13-7-9-15-29(27)38-33/h3-20H,1-2H3. The van der Waals surface area contributed by atoms with Gasteiger partial charge in [0.1, 0.15) is 16.8 Å². The van der Waals surface area contributed by atoms with Crippen molar-refractivity contribution in [2.45, 2.75) is 19.3 Å². The van der Waals surface area contributed by atoms with Crippen LogP contribution in [0.25, 0.3) is 66.6 Å². The maximum Gasteiger partial charge on any atom is 0.180 e. The first kappa shape index (κ1) is 21.3. The van der Waals surface area contributed by atoms with Crippen LogP contribution in [0, 0.1) is 0 Å². The highest BCUT2D eigenvalue weighted by atomic mass is 16.3. The van der Waals surface area contributed by atoms with Crippen LogP contribution in [0.5, 0.6) is 0 Å². The van der Waals surface area contributed by atoms with E-state index in [9.17, 15) is 0 Å². The Morgan fingerprint density at radius 2 is 1.42 bits per heavy atom. The fourth-order valence-electron chi connectivity index (χ4n) is 6.28. The molecule has 0 amide bonds. The molecule has 3 nitrogen and oxygen atoms in total. The van der Waals surface area contributed by atoms with Crippen molar-refractivity contribution in [1.82, 2.24) is 9.97 Å². The van der Waals surface area contributed by atoms with Crippen LogP contribution in [0.4, 0.5) is 0 Å². The van der Waals surface area contributed by atoms with E-state index in [-0.39, 0.29) is 5.41 Å². The van der Waals surface area contributed by atoms with Gasteiger partial charge in [-0.3, -0.25) is 0 Å². The third kappa shape index (κ3) is 2.90. The van der Waals surface area contributed by atoms with Gasteiger partial charge in [0.15, 0.2) is 11.4 Å². The summed E-state index contributed by atoms with van der Waals surface area (Å²) in [7, 11) is 0. The van der Waals surface area contributed by atoms with Crippen LogP contribution in [-0.4, -0.2) is 9.97 Å². The third-order valence-electron chi connectivity index (χ3n) is 8.06. The predicted molar refractivity (Wildman–Crippen MR) is 155 cm³/mol. The summed E-state index contributed by atoms with van der Waals surface area (Å²) in [5.41, 5.74) is 10.6. The van der Waals surface area contributed by atoms with Crippen LogP contribution in [0.2, 0.25) is 0 Å². The molecule has 0 aliphatic heterocycles. The zero-order valence-corrected chi connectivity index (χ0v) is 21.2. The normalized spacial score (nSPS) is 13.7. The van der Waals surface area contributed by atoms with Gasteiger partial charge in [0.2, 0.25) is 0 Å². The zero-order chi connectivity index (χ0) is 25.4. The molecule has 1 aliphatic rings. The van der Waals surface area contributed by atoms with Crippen LogP contribution in [-0.2, 0) is 5.41 Å². The molecule has 0 radical (unpaired) electrons. The van der Waals surface area contributed by atoms with Crippen molar-refractivity contribution in [1.29, 1.82) is 0 Å². The molecule has 0 spiro atoms. The Labute approximate surface area is 220 Å². The molecule has 0 saturated heterocycles. The SMILES string of the molecule is CC1(C)c2ccccc2-c2ccc3cc(-c4nc(-c5ccccc5)c5oc6ccccc6c5n4)ccc3c21. The average Bonchev–Trinajstić information content (AvgIpc) is 3.45. The molecule has 5 aromatic carbocycles. The van der Waals surface area contributed by atoms with Crippen LogP contribution < -0.4 is 0 Å². The van der Waals surface area contributed by atoms with Crippen molar-refractivity contribution in [3.05, 3.63) is 120 Å². The second-order valence-corrected chi connectivity index (χ2v) is 10.6. The third-order valence-corrected chi connectivity index (χ3v) is 8.06. The maximum absolute atomic E-state index is 6.28. The maximum atomic E-state index is 6.28.